The second kappa shape index (κ2) is 17.6. The minimum absolute atomic E-state index is 0. The molecule has 0 atom stereocenters. The Morgan fingerprint density at radius 1 is 0.500 bits per heavy atom. The van der Waals surface area contributed by atoms with Crippen molar-refractivity contribution >= 4 is 60.3 Å². The molecule has 0 spiro atoms. The Morgan fingerprint density at radius 2 is 0.500 bits per heavy atom. The fourth-order valence-corrected chi connectivity index (χ4v) is 0. The first-order valence-electron chi connectivity index (χ1n) is 0.756. The van der Waals surface area contributed by atoms with Crippen molar-refractivity contribution in [2.45, 2.75) is 0 Å². The summed E-state index contributed by atoms with van der Waals surface area (Å²) in [4.78, 5) is 0. The Bertz CT molecular complexity index is 29.1. The third-order valence-corrected chi connectivity index (χ3v) is 0. The van der Waals surface area contributed by atoms with Gasteiger partial charge in [-0.1, -0.05) is 0 Å². The SMILES string of the molecule is O.O.O.O.O.[Br][Sn]([Br])([Br])[Br]. The Labute approximate surface area is 86.4 Å². The molecule has 0 fully saturated rings. The van der Waals surface area contributed by atoms with Gasteiger partial charge >= 0.3 is 60.3 Å². The van der Waals surface area contributed by atoms with Crippen LogP contribution in [0.15, 0.2) is 0 Å². The van der Waals surface area contributed by atoms with Crippen molar-refractivity contribution in [3.8, 4) is 0 Å². The van der Waals surface area contributed by atoms with Crippen molar-refractivity contribution < 1.29 is 27.4 Å². The summed E-state index contributed by atoms with van der Waals surface area (Å²) >= 11 is 13.3. The van der Waals surface area contributed by atoms with Crippen LogP contribution in [0.2, 0.25) is 0 Å². The van der Waals surface area contributed by atoms with Gasteiger partial charge in [-0.3, -0.25) is 0 Å². The molecule has 0 heterocycles. The molecule has 0 saturated carbocycles. The Morgan fingerprint density at radius 3 is 0.500 bits per heavy atom. The van der Waals surface area contributed by atoms with Crippen LogP contribution in [-0.4, -0.2) is 36.9 Å². The van der Waals surface area contributed by atoms with Gasteiger partial charge < -0.3 is 27.4 Å². The van der Waals surface area contributed by atoms with E-state index in [1.807, 2.05) is 0 Å². The first-order valence-corrected chi connectivity index (χ1v) is 26.3. The maximum absolute atomic E-state index is 3.34. The van der Waals surface area contributed by atoms with Crippen LogP contribution in [0, 0.1) is 0 Å². The summed E-state index contributed by atoms with van der Waals surface area (Å²) in [7, 11) is -1.93. The van der Waals surface area contributed by atoms with Crippen LogP contribution in [0.5, 0.6) is 0 Å². The normalized spacial score (nSPS) is 6.00. The van der Waals surface area contributed by atoms with E-state index >= 15 is 0 Å². The van der Waals surface area contributed by atoms with Gasteiger partial charge in [-0.25, -0.2) is 0 Å². The molecule has 0 aromatic carbocycles. The summed E-state index contributed by atoms with van der Waals surface area (Å²) in [6.45, 7) is 0. The summed E-state index contributed by atoms with van der Waals surface area (Å²) in [6.07, 6.45) is 0. The monoisotopic (exact) mass is 526 g/mol. The summed E-state index contributed by atoms with van der Waals surface area (Å²) in [5.74, 6) is 0. The summed E-state index contributed by atoms with van der Waals surface area (Å²) in [6, 6.07) is 0. The van der Waals surface area contributed by atoms with Gasteiger partial charge in [0.25, 0.3) is 0 Å². The molecule has 0 unspecified atom stereocenters. The summed E-state index contributed by atoms with van der Waals surface area (Å²) in [5, 5.41) is 0. The fourth-order valence-electron chi connectivity index (χ4n) is 0. The van der Waals surface area contributed by atoms with E-state index in [0.717, 1.165) is 0 Å². The number of rotatable bonds is 0. The molecule has 0 rings (SSSR count). The zero-order chi connectivity index (χ0) is 4.50. The van der Waals surface area contributed by atoms with Crippen molar-refractivity contribution in [1.82, 2.24) is 0 Å². The average molecular weight is 528 g/mol. The van der Waals surface area contributed by atoms with E-state index in [1.54, 1.807) is 0 Å². The number of halogens is 4. The molecule has 0 aliphatic rings. The van der Waals surface area contributed by atoms with E-state index in [2.05, 4.69) is 50.8 Å². The van der Waals surface area contributed by atoms with E-state index in [0.29, 0.717) is 0 Å². The molecule has 0 saturated heterocycles. The molecule has 0 aromatic heterocycles. The topological polar surface area (TPSA) is 158 Å². The quantitative estimate of drug-likeness (QED) is 0.349. The average Bonchev–Trinajstić information content (AvgIpc) is 0.722. The molecule has 0 aromatic rings. The maximum atomic E-state index is 3.34. The zero-order valence-corrected chi connectivity index (χ0v) is 13.7. The van der Waals surface area contributed by atoms with Crippen LogP contribution in [-0.2, 0) is 0 Å². The summed E-state index contributed by atoms with van der Waals surface area (Å²) < 4.78 is 0. The standard InChI is InChI=1S/4BrH.5H2O.Sn/h4*1H;5*1H2;/q;;;;;;;;;+4/p-4. The molecular formula is H10Br4O5Sn. The molecule has 0 aliphatic heterocycles. The van der Waals surface area contributed by atoms with Crippen LogP contribution in [0.3, 0.4) is 0 Å². The van der Waals surface area contributed by atoms with Crippen molar-refractivity contribution in [2.75, 3.05) is 0 Å². The van der Waals surface area contributed by atoms with Crippen LogP contribution in [0.25, 0.3) is 0 Å². The van der Waals surface area contributed by atoms with Crippen molar-refractivity contribution in [2.24, 2.45) is 0 Å². The van der Waals surface area contributed by atoms with Crippen molar-refractivity contribution in [3.63, 3.8) is 0 Å². The van der Waals surface area contributed by atoms with E-state index in [4.69, 9.17) is 0 Å². The van der Waals surface area contributed by atoms with Crippen LogP contribution >= 0.6 is 50.8 Å². The molecular weight excluding hydrogens is 518 g/mol. The van der Waals surface area contributed by atoms with E-state index in [9.17, 15) is 0 Å². The number of hydrogen-bond acceptors (Lipinski definition) is 0. The second-order valence-corrected chi connectivity index (χ2v) is 77.6. The second-order valence-electron chi connectivity index (χ2n) is 0.429. The van der Waals surface area contributed by atoms with Gasteiger partial charge in [0.1, 0.15) is 0 Å². The predicted molar refractivity (Wildman–Crippen MR) is 59.5 cm³/mol. The third-order valence-electron chi connectivity index (χ3n) is 0. The zero-order valence-electron chi connectivity index (χ0n) is 4.51. The van der Waals surface area contributed by atoms with Crippen LogP contribution in [0.1, 0.15) is 0 Å². The molecule has 0 aliphatic carbocycles. The first-order chi connectivity index (χ1) is 2.00. The van der Waals surface area contributed by atoms with Gasteiger partial charge in [0, 0.05) is 0 Å². The molecule has 10 heavy (non-hydrogen) atoms. The van der Waals surface area contributed by atoms with E-state index < -0.39 is 9.49 Å². The molecule has 10 heteroatoms. The number of hydrogen-bond donors (Lipinski definition) is 0. The van der Waals surface area contributed by atoms with Crippen molar-refractivity contribution in [3.05, 3.63) is 0 Å². The molecule has 10 N–H and O–H groups in total. The van der Waals surface area contributed by atoms with Gasteiger partial charge in [-0.2, -0.15) is 0 Å². The van der Waals surface area contributed by atoms with Gasteiger partial charge in [0.2, 0.25) is 0 Å². The van der Waals surface area contributed by atoms with Gasteiger partial charge in [0.15, 0.2) is 0 Å². The van der Waals surface area contributed by atoms with Crippen LogP contribution < -0.4 is 0 Å². The minimum atomic E-state index is -1.93. The summed E-state index contributed by atoms with van der Waals surface area (Å²) in [5.41, 5.74) is 0. The van der Waals surface area contributed by atoms with E-state index in [1.165, 1.54) is 0 Å². The molecule has 72 valence electrons. The van der Waals surface area contributed by atoms with E-state index in [-0.39, 0.29) is 27.4 Å². The Hall–Kier alpha value is 2.52. The predicted octanol–water partition coefficient (Wildman–Crippen LogP) is -1.12. The van der Waals surface area contributed by atoms with Gasteiger partial charge in [-0.05, 0) is 0 Å². The Kier molecular flexibility index (Phi) is 68.6. The third kappa shape index (κ3) is 150. The molecule has 0 amide bonds. The molecule has 5 nitrogen and oxygen atoms in total. The van der Waals surface area contributed by atoms with Crippen LogP contribution in [0.4, 0.5) is 0 Å². The molecule has 0 radical (unpaired) electrons. The van der Waals surface area contributed by atoms with Gasteiger partial charge in [-0.15, -0.1) is 0 Å². The molecule has 0 bridgehead atoms. The Balaban J connectivity index is -0.00000000800. The fraction of sp³-hybridized carbons (Fsp3) is 0. The van der Waals surface area contributed by atoms with Gasteiger partial charge in [0.05, 0.1) is 0 Å². The first kappa shape index (κ1) is 39.1. The van der Waals surface area contributed by atoms with Crippen molar-refractivity contribution in [1.29, 1.82) is 0 Å².